The Balaban J connectivity index is 1.84. The number of fused-ring (bicyclic) bond motifs is 1. The minimum absolute atomic E-state index is 0.293. The maximum absolute atomic E-state index is 6.27. The highest BCUT2D eigenvalue weighted by Crippen LogP contribution is 2.40. The van der Waals surface area contributed by atoms with Crippen LogP contribution in [0.4, 0.5) is 5.69 Å². The summed E-state index contributed by atoms with van der Waals surface area (Å²) in [6.45, 7) is 0. The predicted molar refractivity (Wildman–Crippen MR) is 95.5 cm³/mol. The fourth-order valence-electron chi connectivity index (χ4n) is 3.81. The van der Waals surface area contributed by atoms with Crippen LogP contribution in [0.3, 0.4) is 0 Å². The molecule has 2 aromatic carbocycles. The van der Waals surface area contributed by atoms with Crippen molar-refractivity contribution in [3.8, 4) is 0 Å². The number of benzene rings is 2. The van der Waals surface area contributed by atoms with Crippen molar-refractivity contribution in [1.82, 2.24) is 0 Å². The van der Waals surface area contributed by atoms with Crippen LogP contribution in [0.15, 0.2) is 52.4 Å². The Kier molecular flexibility index (Phi) is 3.22. The van der Waals surface area contributed by atoms with E-state index in [1.807, 2.05) is 12.1 Å². The summed E-state index contributed by atoms with van der Waals surface area (Å²) in [4.78, 5) is 11.0. The summed E-state index contributed by atoms with van der Waals surface area (Å²) in [7, 11) is 0. The molecule has 5 nitrogen and oxygen atoms in total. The average Bonchev–Trinajstić information content (AvgIpc) is 2.54. The molecule has 1 fully saturated rings. The fourth-order valence-corrected chi connectivity index (χ4v) is 3.81. The Bertz CT molecular complexity index is 802. The molecule has 1 aliphatic carbocycles. The molecule has 0 amide bonds. The largest absolute Gasteiger partial charge is 0.369 e. The summed E-state index contributed by atoms with van der Waals surface area (Å²) in [6, 6.07) is 14.7. The van der Waals surface area contributed by atoms with Gasteiger partial charge in [-0.2, -0.15) is 4.99 Å². The first kappa shape index (κ1) is 14.1. The molecule has 5 heteroatoms. The van der Waals surface area contributed by atoms with Crippen LogP contribution in [-0.2, 0) is 0 Å². The van der Waals surface area contributed by atoms with Gasteiger partial charge in [-0.15, -0.1) is 0 Å². The molecule has 0 radical (unpaired) electrons. The molecule has 23 heavy (non-hydrogen) atoms. The van der Waals surface area contributed by atoms with Gasteiger partial charge in [-0.25, -0.2) is 4.99 Å². The normalized spacial score (nSPS) is 20.4. The third-order valence-corrected chi connectivity index (χ3v) is 4.84. The number of anilines is 1. The zero-order valence-corrected chi connectivity index (χ0v) is 13.1. The lowest BCUT2D eigenvalue weighted by molar-refractivity contribution is 0.305. The molecule has 1 aliphatic heterocycles. The summed E-state index contributed by atoms with van der Waals surface area (Å²) in [5.41, 5.74) is 12.8. The number of hydrogen-bond donors (Lipinski definition) is 2. The van der Waals surface area contributed by atoms with Crippen LogP contribution in [-0.4, -0.2) is 17.6 Å². The molecular formula is C18H21N5. The van der Waals surface area contributed by atoms with Crippen LogP contribution in [0.5, 0.6) is 0 Å². The van der Waals surface area contributed by atoms with Gasteiger partial charge in [0.2, 0.25) is 11.9 Å². The fraction of sp³-hybridized carbons (Fsp3) is 0.333. The van der Waals surface area contributed by atoms with E-state index in [1.54, 1.807) is 0 Å². The Morgan fingerprint density at radius 2 is 1.65 bits per heavy atom. The van der Waals surface area contributed by atoms with Gasteiger partial charge >= 0.3 is 0 Å². The van der Waals surface area contributed by atoms with Crippen LogP contribution < -0.4 is 16.4 Å². The van der Waals surface area contributed by atoms with Crippen LogP contribution in [0.25, 0.3) is 10.8 Å². The quantitative estimate of drug-likeness (QED) is 0.850. The van der Waals surface area contributed by atoms with Crippen molar-refractivity contribution in [2.75, 3.05) is 4.90 Å². The third-order valence-electron chi connectivity index (χ3n) is 4.84. The van der Waals surface area contributed by atoms with E-state index in [2.05, 4.69) is 40.2 Å². The van der Waals surface area contributed by atoms with Gasteiger partial charge in [0.25, 0.3) is 0 Å². The van der Waals surface area contributed by atoms with Crippen molar-refractivity contribution < 1.29 is 0 Å². The second-order valence-corrected chi connectivity index (χ2v) is 6.35. The monoisotopic (exact) mass is 307 g/mol. The highest BCUT2D eigenvalue weighted by atomic mass is 15.4. The minimum atomic E-state index is -0.378. The van der Waals surface area contributed by atoms with E-state index in [9.17, 15) is 0 Å². The summed E-state index contributed by atoms with van der Waals surface area (Å²) < 4.78 is 0. The molecule has 4 N–H and O–H groups in total. The van der Waals surface area contributed by atoms with Gasteiger partial charge in [0.15, 0.2) is 0 Å². The van der Waals surface area contributed by atoms with E-state index in [0.717, 1.165) is 31.4 Å². The van der Waals surface area contributed by atoms with E-state index in [4.69, 9.17) is 16.5 Å². The van der Waals surface area contributed by atoms with Gasteiger partial charge < -0.3 is 11.5 Å². The van der Waals surface area contributed by atoms with Crippen molar-refractivity contribution in [2.45, 2.75) is 37.8 Å². The number of nitrogens with zero attached hydrogens (tertiary/aromatic N) is 3. The average molecular weight is 307 g/mol. The number of rotatable bonds is 1. The van der Waals surface area contributed by atoms with Crippen LogP contribution in [0.2, 0.25) is 0 Å². The SMILES string of the molecule is NC1=NC2(CCCCC2)N(c2ccc3ccccc3c2)C(N)=N1. The van der Waals surface area contributed by atoms with Crippen molar-refractivity contribution in [1.29, 1.82) is 0 Å². The minimum Gasteiger partial charge on any atom is -0.369 e. The number of hydrogen-bond acceptors (Lipinski definition) is 5. The van der Waals surface area contributed by atoms with Gasteiger partial charge in [0.1, 0.15) is 5.66 Å². The van der Waals surface area contributed by atoms with Crippen LogP contribution in [0.1, 0.15) is 32.1 Å². The summed E-state index contributed by atoms with van der Waals surface area (Å²) in [5, 5.41) is 2.40. The molecule has 0 saturated heterocycles. The standard InChI is InChI=1S/C18H21N5/c19-16-21-17(20)23(18(22-16)10-4-1-5-11-18)15-9-8-13-6-2-3-7-14(13)12-15/h2-3,6-9,12H,1,4-5,10-11H2,(H4,19,20,21,22). The molecular weight excluding hydrogens is 286 g/mol. The summed E-state index contributed by atoms with van der Waals surface area (Å²) >= 11 is 0. The van der Waals surface area contributed by atoms with Gasteiger partial charge in [-0.1, -0.05) is 36.8 Å². The third kappa shape index (κ3) is 2.32. The molecule has 0 atom stereocenters. The predicted octanol–water partition coefficient (Wildman–Crippen LogP) is 2.95. The second-order valence-electron chi connectivity index (χ2n) is 6.35. The Morgan fingerprint density at radius 3 is 2.43 bits per heavy atom. The van der Waals surface area contributed by atoms with Crippen molar-refractivity contribution in [3.05, 3.63) is 42.5 Å². The highest BCUT2D eigenvalue weighted by Gasteiger charge is 2.42. The van der Waals surface area contributed by atoms with Crippen LogP contribution >= 0.6 is 0 Å². The first-order valence-corrected chi connectivity index (χ1v) is 8.17. The molecule has 2 aliphatic rings. The summed E-state index contributed by atoms with van der Waals surface area (Å²) in [5.74, 6) is 0.733. The lowest BCUT2D eigenvalue weighted by Gasteiger charge is -2.45. The number of guanidine groups is 2. The van der Waals surface area contributed by atoms with E-state index in [1.165, 1.54) is 17.2 Å². The smallest absolute Gasteiger partial charge is 0.220 e. The van der Waals surface area contributed by atoms with E-state index < -0.39 is 0 Å². The van der Waals surface area contributed by atoms with Gasteiger partial charge in [0, 0.05) is 5.69 Å². The molecule has 1 heterocycles. The first-order valence-electron chi connectivity index (χ1n) is 8.17. The van der Waals surface area contributed by atoms with Gasteiger partial charge in [-0.3, -0.25) is 4.90 Å². The van der Waals surface area contributed by atoms with E-state index in [0.29, 0.717) is 11.9 Å². The zero-order valence-electron chi connectivity index (χ0n) is 13.1. The molecule has 0 aromatic heterocycles. The molecule has 2 aromatic rings. The van der Waals surface area contributed by atoms with Crippen molar-refractivity contribution >= 4 is 28.4 Å². The van der Waals surface area contributed by atoms with Crippen molar-refractivity contribution in [3.63, 3.8) is 0 Å². The van der Waals surface area contributed by atoms with Crippen molar-refractivity contribution in [2.24, 2.45) is 21.5 Å². The molecule has 1 saturated carbocycles. The van der Waals surface area contributed by atoms with E-state index in [-0.39, 0.29) is 5.66 Å². The van der Waals surface area contributed by atoms with Gasteiger partial charge in [-0.05, 0) is 48.6 Å². The lowest BCUT2D eigenvalue weighted by atomic mass is 9.87. The van der Waals surface area contributed by atoms with Crippen LogP contribution in [0, 0.1) is 0 Å². The highest BCUT2D eigenvalue weighted by molar-refractivity contribution is 6.06. The lowest BCUT2D eigenvalue weighted by Crippen LogP contribution is -2.58. The Labute approximate surface area is 135 Å². The Hall–Kier alpha value is -2.56. The van der Waals surface area contributed by atoms with Gasteiger partial charge in [0.05, 0.1) is 0 Å². The molecule has 1 spiro atoms. The second kappa shape index (κ2) is 5.26. The number of aliphatic imine (C=N–C) groups is 2. The molecule has 0 bridgehead atoms. The topological polar surface area (TPSA) is 80.0 Å². The summed E-state index contributed by atoms with van der Waals surface area (Å²) in [6.07, 6.45) is 5.41. The Morgan fingerprint density at radius 1 is 0.913 bits per heavy atom. The number of nitrogens with two attached hydrogens (primary N) is 2. The molecule has 118 valence electrons. The van der Waals surface area contributed by atoms with E-state index >= 15 is 0 Å². The zero-order chi connectivity index (χ0) is 15.9. The molecule has 4 rings (SSSR count). The first-order chi connectivity index (χ1) is 11.2. The maximum Gasteiger partial charge on any atom is 0.220 e. The molecule has 0 unspecified atom stereocenters. The maximum atomic E-state index is 6.27.